The normalized spacial score (nSPS) is 12.8. The number of carbonyl (C=O) groups is 2. The van der Waals surface area contributed by atoms with Gasteiger partial charge in [0.2, 0.25) is 0 Å². The first-order chi connectivity index (χ1) is 12.1. The highest BCUT2D eigenvalue weighted by Gasteiger charge is 2.12. The van der Waals surface area contributed by atoms with E-state index in [1.165, 1.54) is 17.2 Å². The highest BCUT2D eigenvalue weighted by Crippen LogP contribution is 2.24. The van der Waals surface area contributed by atoms with E-state index in [0.29, 0.717) is 0 Å². The third-order valence-electron chi connectivity index (χ3n) is 4.01. The standard InChI is InChI=1S/C20H18BrNO3/c21-17-8-4-14(5-9-17)6-11-20(24)25-13-19(23)22-18-10-7-15-2-1-3-16(15)12-18/h4-12H,1-3,13H2,(H,22,23)/b11-6+. The van der Waals surface area contributed by atoms with Crippen LogP contribution in [0.1, 0.15) is 23.1 Å². The lowest BCUT2D eigenvalue weighted by molar-refractivity contribution is -0.142. The molecular formula is C20H18BrNO3. The van der Waals surface area contributed by atoms with Gasteiger partial charge in [0.05, 0.1) is 0 Å². The molecule has 0 aliphatic heterocycles. The van der Waals surface area contributed by atoms with Crippen LogP contribution in [0.5, 0.6) is 0 Å². The molecule has 0 spiro atoms. The first kappa shape index (κ1) is 17.4. The number of anilines is 1. The Labute approximate surface area is 155 Å². The highest BCUT2D eigenvalue weighted by molar-refractivity contribution is 9.10. The molecule has 0 bridgehead atoms. The molecule has 0 fully saturated rings. The minimum atomic E-state index is -0.549. The summed E-state index contributed by atoms with van der Waals surface area (Å²) < 4.78 is 5.94. The fourth-order valence-corrected chi connectivity index (χ4v) is 3.03. The molecule has 0 atom stereocenters. The smallest absolute Gasteiger partial charge is 0.331 e. The second-order valence-corrected chi connectivity index (χ2v) is 6.79. The van der Waals surface area contributed by atoms with Crippen LogP contribution in [0.25, 0.3) is 6.08 Å². The molecule has 0 radical (unpaired) electrons. The molecule has 1 amide bonds. The largest absolute Gasteiger partial charge is 0.452 e. The first-order valence-corrected chi connectivity index (χ1v) is 8.91. The number of ether oxygens (including phenoxy) is 1. The molecular weight excluding hydrogens is 382 g/mol. The van der Waals surface area contributed by atoms with Crippen LogP contribution >= 0.6 is 15.9 Å². The molecule has 3 rings (SSSR count). The number of carbonyl (C=O) groups excluding carboxylic acids is 2. The third-order valence-corrected chi connectivity index (χ3v) is 4.54. The molecule has 0 saturated heterocycles. The second kappa shape index (κ2) is 8.12. The number of hydrogen-bond donors (Lipinski definition) is 1. The van der Waals surface area contributed by atoms with Gasteiger partial charge >= 0.3 is 5.97 Å². The summed E-state index contributed by atoms with van der Waals surface area (Å²) in [6.45, 7) is -0.305. The summed E-state index contributed by atoms with van der Waals surface area (Å²) in [5, 5.41) is 2.76. The van der Waals surface area contributed by atoms with Crippen molar-refractivity contribution in [3.8, 4) is 0 Å². The zero-order chi connectivity index (χ0) is 17.6. The van der Waals surface area contributed by atoms with Crippen molar-refractivity contribution in [1.29, 1.82) is 0 Å². The van der Waals surface area contributed by atoms with Crippen LogP contribution in [0.4, 0.5) is 5.69 Å². The van der Waals surface area contributed by atoms with Crippen LogP contribution in [0.3, 0.4) is 0 Å². The van der Waals surface area contributed by atoms with E-state index >= 15 is 0 Å². The average molecular weight is 400 g/mol. The van der Waals surface area contributed by atoms with Gasteiger partial charge in [0.1, 0.15) is 0 Å². The summed E-state index contributed by atoms with van der Waals surface area (Å²) in [5.41, 5.74) is 4.25. The lowest BCUT2D eigenvalue weighted by Gasteiger charge is -2.07. The molecule has 0 heterocycles. The number of fused-ring (bicyclic) bond motifs is 1. The fourth-order valence-electron chi connectivity index (χ4n) is 2.77. The van der Waals surface area contributed by atoms with Gasteiger partial charge in [0, 0.05) is 16.2 Å². The van der Waals surface area contributed by atoms with E-state index < -0.39 is 5.97 Å². The van der Waals surface area contributed by atoms with Gasteiger partial charge in [-0.15, -0.1) is 0 Å². The molecule has 0 saturated carbocycles. The van der Waals surface area contributed by atoms with Gasteiger partial charge in [-0.1, -0.05) is 34.1 Å². The minimum Gasteiger partial charge on any atom is -0.452 e. The predicted octanol–water partition coefficient (Wildman–Crippen LogP) is 4.13. The van der Waals surface area contributed by atoms with Crippen LogP contribution in [-0.4, -0.2) is 18.5 Å². The Kier molecular flexibility index (Phi) is 5.66. The number of rotatable bonds is 5. The zero-order valence-electron chi connectivity index (χ0n) is 13.6. The summed E-state index contributed by atoms with van der Waals surface area (Å²) in [6, 6.07) is 13.4. The maximum absolute atomic E-state index is 11.9. The van der Waals surface area contributed by atoms with Crippen molar-refractivity contribution in [2.45, 2.75) is 19.3 Å². The van der Waals surface area contributed by atoms with E-state index in [4.69, 9.17) is 4.74 Å². The van der Waals surface area contributed by atoms with Crippen LogP contribution in [0, 0.1) is 0 Å². The van der Waals surface area contributed by atoms with Crippen molar-refractivity contribution < 1.29 is 14.3 Å². The van der Waals surface area contributed by atoms with E-state index in [9.17, 15) is 9.59 Å². The fraction of sp³-hybridized carbons (Fsp3) is 0.200. The van der Waals surface area contributed by atoms with E-state index in [1.54, 1.807) is 6.08 Å². The van der Waals surface area contributed by atoms with Crippen molar-refractivity contribution >= 4 is 39.6 Å². The van der Waals surface area contributed by atoms with Crippen molar-refractivity contribution in [1.82, 2.24) is 0 Å². The monoisotopic (exact) mass is 399 g/mol. The Bertz CT molecular complexity index is 812. The lowest BCUT2D eigenvalue weighted by atomic mass is 10.1. The van der Waals surface area contributed by atoms with Crippen LogP contribution in [-0.2, 0) is 27.2 Å². The Morgan fingerprint density at radius 2 is 1.84 bits per heavy atom. The average Bonchev–Trinajstić information content (AvgIpc) is 3.07. The Morgan fingerprint density at radius 3 is 2.64 bits per heavy atom. The quantitative estimate of drug-likeness (QED) is 0.607. The number of esters is 1. The number of aryl methyl sites for hydroxylation is 2. The van der Waals surface area contributed by atoms with Crippen molar-refractivity contribution in [3.05, 3.63) is 69.7 Å². The molecule has 5 heteroatoms. The molecule has 2 aromatic carbocycles. The summed E-state index contributed by atoms with van der Waals surface area (Å²) in [4.78, 5) is 23.6. The second-order valence-electron chi connectivity index (χ2n) is 5.88. The topological polar surface area (TPSA) is 55.4 Å². The van der Waals surface area contributed by atoms with Crippen molar-refractivity contribution in [3.63, 3.8) is 0 Å². The Morgan fingerprint density at radius 1 is 1.08 bits per heavy atom. The highest BCUT2D eigenvalue weighted by atomic mass is 79.9. The number of amides is 1. The van der Waals surface area contributed by atoms with Crippen LogP contribution in [0.15, 0.2) is 53.0 Å². The number of nitrogens with one attached hydrogen (secondary N) is 1. The molecule has 0 unspecified atom stereocenters. The maximum atomic E-state index is 11.9. The molecule has 25 heavy (non-hydrogen) atoms. The minimum absolute atomic E-state index is 0.305. The van der Waals surface area contributed by atoms with Gasteiger partial charge < -0.3 is 10.1 Å². The predicted molar refractivity (Wildman–Crippen MR) is 101 cm³/mol. The Balaban J connectivity index is 1.47. The summed E-state index contributed by atoms with van der Waals surface area (Å²) in [6.07, 6.45) is 6.27. The molecule has 2 aromatic rings. The van der Waals surface area contributed by atoms with Gasteiger partial charge in [0.15, 0.2) is 6.61 Å². The number of benzene rings is 2. The SMILES string of the molecule is O=C(COC(=O)/C=C/c1ccc(Br)cc1)Nc1ccc2c(c1)CCC2. The van der Waals surface area contributed by atoms with E-state index in [0.717, 1.165) is 35.0 Å². The third kappa shape index (κ3) is 5.03. The van der Waals surface area contributed by atoms with E-state index in [1.807, 2.05) is 42.5 Å². The number of halogens is 1. The first-order valence-electron chi connectivity index (χ1n) is 8.12. The van der Waals surface area contributed by atoms with Gasteiger partial charge in [-0.05, 0) is 66.3 Å². The lowest BCUT2D eigenvalue weighted by Crippen LogP contribution is -2.20. The van der Waals surface area contributed by atoms with Gasteiger partial charge in [-0.25, -0.2) is 4.79 Å². The molecule has 1 aliphatic carbocycles. The molecule has 1 N–H and O–H groups in total. The Hall–Kier alpha value is -2.40. The van der Waals surface area contributed by atoms with Gasteiger partial charge in [0.25, 0.3) is 5.91 Å². The molecule has 4 nitrogen and oxygen atoms in total. The van der Waals surface area contributed by atoms with Gasteiger partial charge in [-0.3, -0.25) is 4.79 Å². The molecule has 1 aliphatic rings. The summed E-state index contributed by atoms with van der Waals surface area (Å²) in [7, 11) is 0. The number of hydrogen-bond acceptors (Lipinski definition) is 3. The zero-order valence-corrected chi connectivity index (χ0v) is 15.2. The van der Waals surface area contributed by atoms with Crippen LogP contribution < -0.4 is 5.32 Å². The maximum Gasteiger partial charge on any atom is 0.331 e. The van der Waals surface area contributed by atoms with Crippen LogP contribution in [0.2, 0.25) is 0 Å². The summed E-state index contributed by atoms with van der Waals surface area (Å²) >= 11 is 3.35. The van der Waals surface area contributed by atoms with Gasteiger partial charge in [-0.2, -0.15) is 0 Å². The van der Waals surface area contributed by atoms with E-state index in [2.05, 4.69) is 21.2 Å². The summed E-state index contributed by atoms with van der Waals surface area (Å²) in [5.74, 6) is -0.893. The van der Waals surface area contributed by atoms with Crippen molar-refractivity contribution in [2.24, 2.45) is 0 Å². The molecule has 0 aromatic heterocycles. The molecule has 128 valence electrons. The van der Waals surface area contributed by atoms with E-state index in [-0.39, 0.29) is 12.5 Å². The van der Waals surface area contributed by atoms with Crippen molar-refractivity contribution in [2.75, 3.05) is 11.9 Å².